The molecule has 1 aliphatic heterocycles. The topological polar surface area (TPSA) is 107 Å². The summed E-state index contributed by atoms with van der Waals surface area (Å²) in [6.07, 6.45) is 2.01. The van der Waals surface area contributed by atoms with Crippen LogP contribution in [0.4, 0.5) is 5.69 Å². The molecule has 2 aliphatic rings. The minimum absolute atomic E-state index is 0.0734. The summed E-state index contributed by atoms with van der Waals surface area (Å²) in [5.74, 6) is -1.63. The number of rotatable bonds is 3. The molecule has 0 unspecified atom stereocenters. The lowest BCUT2D eigenvalue weighted by atomic mass is 9.85. The van der Waals surface area contributed by atoms with Gasteiger partial charge in [0.25, 0.3) is 17.5 Å². The lowest BCUT2D eigenvalue weighted by Gasteiger charge is -2.32. The zero-order valence-electron chi connectivity index (χ0n) is 13.1. The van der Waals surface area contributed by atoms with Crippen molar-refractivity contribution < 1.29 is 24.0 Å². The van der Waals surface area contributed by atoms with Crippen molar-refractivity contribution in [2.45, 2.75) is 31.7 Å². The Hall–Kier alpha value is -2.77. The average molecular weight is 332 g/mol. The van der Waals surface area contributed by atoms with E-state index in [0.29, 0.717) is 25.7 Å². The highest BCUT2D eigenvalue weighted by molar-refractivity contribution is 6.23. The van der Waals surface area contributed by atoms with Crippen LogP contribution in [0.25, 0.3) is 0 Å². The van der Waals surface area contributed by atoms with Crippen LogP contribution in [0.1, 0.15) is 46.4 Å². The van der Waals surface area contributed by atoms with Crippen molar-refractivity contribution >= 4 is 23.5 Å². The van der Waals surface area contributed by atoms with Gasteiger partial charge < -0.3 is 4.74 Å². The maximum absolute atomic E-state index is 12.6. The third kappa shape index (κ3) is 2.44. The van der Waals surface area contributed by atoms with Gasteiger partial charge in [-0.25, -0.2) is 0 Å². The molecular formula is C16H16N2O6. The maximum Gasteiger partial charge on any atom is 0.308 e. The fourth-order valence-electron chi connectivity index (χ4n) is 3.51. The molecule has 0 spiro atoms. The normalized spacial score (nSPS) is 23.1. The predicted octanol–water partition coefficient (Wildman–Crippen LogP) is 1.92. The molecule has 0 aromatic heterocycles. The molecule has 126 valence electrons. The van der Waals surface area contributed by atoms with Crippen LogP contribution in [0.2, 0.25) is 0 Å². The Kier molecular flexibility index (Phi) is 4.04. The van der Waals surface area contributed by atoms with E-state index in [9.17, 15) is 24.5 Å². The van der Waals surface area contributed by atoms with Gasteiger partial charge in [0.1, 0.15) is 5.56 Å². The summed E-state index contributed by atoms with van der Waals surface area (Å²) < 4.78 is 4.72. The third-order valence-corrected chi connectivity index (χ3v) is 4.72. The van der Waals surface area contributed by atoms with Gasteiger partial charge in [-0.2, -0.15) is 0 Å². The maximum atomic E-state index is 12.6. The lowest BCUT2D eigenvalue weighted by Crippen LogP contribution is -2.42. The minimum atomic E-state index is -0.651. The first kappa shape index (κ1) is 16.1. The fraction of sp³-hybridized carbons (Fsp3) is 0.438. The summed E-state index contributed by atoms with van der Waals surface area (Å²) >= 11 is 0. The highest BCUT2D eigenvalue weighted by atomic mass is 16.6. The third-order valence-electron chi connectivity index (χ3n) is 4.72. The number of amides is 2. The quantitative estimate of drug-likeness (QED) is 0.362. The van der Waals surface area contributed by atoms with Crippen LogP contribution in [-0.4, -0.2) is 40.8 Å². The van der Waals surface area contributed by atoms with E-state index >= 15 is 0 Å². The Labute approximate surface area is 137 Å². The Morgan fingerprint density at radius 1 is 1.21 bits per heavy atom. The number of benzene rings is 1. The van der Waals surface area contributed by atoms with Gasteiger partial charge >= 0.3 is 5.97 Å². The molecule has 0 bridgehead atoms. The molecule has 1 aromatic rings. The second-order valence-electron chi connectivity index (χ2n) is 5.97. The Morgan fingerprint density at radius 2 is 1.88 bits per heavy atom. The Bertz CT molecular complexity index is 736. The second-order valence-corrected chi connectivity index (χ2v) is 5.97. The highest BCUT2D eigenvalue weighted by Crippen LogP contribution is 2.36. The monoisotopic (exact) mass is 332 g/mol. The first-order valence-corrected chi connectivity index (χ1v) is 7.68. The summed E-state index contributed by atoms with van der Waals surface area (Å²) in [5.41, 5.74) is -0.413. The Balaban J connectivity index is 1.84. The number of methoxy groups -OCH3 is 1. The molecule has 2 amide bonds. The van der Waals surface area contributed by atoms with Gasteiger partial charge in [0.05, 0.1) is 23.5 Å². The largest absolute Gasteiger partial charge is 0.469 e. The number of fused-ring (bicyclic) bond motifs is 1. The molecule has 0 atom stereocenters. The molecular weight excluding hydrogens is 316 g/mol. The molecule has 24 heavy (non-hydrogen) atoms. The van der Waals surface area contributed by atoms with Crippen molar-refractivity contribution in [2.24, 2.45) is 5.92 Å². The number of carbonyl (C=O) groups is 3. The first-order valence-electron chi connectivity index (χ1n) is 7.68. The molecule has 3 rings (SSSR count). The zero-order chi connectivity index (χ0) is 17.4. The van der Waals surface area contributed by atoms with Crippen molar-refractivity contribution in [3.05, 3.63) is 39.4 Å². The van der Waals surface area contributed by atoms with Crippen LogP contribution in [0.3, 0.4) is 0 Å². The lowest BCUT2D eigenvalue weighted by molar-refractivity contribution is -0.385. The van der Waals surface area contributed by atoms with Crippen molar-refractivity contribution in [1.29, 1.82) is 0 Å². The summed E-state index contributed by atoms with van der Waals surface area (Å²) in [4.78, 5) is 48.3. The second kappa shape index (κ2) is 6.03. The molecule has 0 radical (unpaired) electrons. The van der Waals surface area contributed by atoms with Crippen LogP contribution >= 0.6 is 0 Å². The number of ether oxygens (including phenoxy) is 1. The average Bonchev–Trinajstić information content (AvgIpc) is 2.85. The van der Waals surface area contributed by atoms with E-state index in [4.69, 9.17) is 4.74 Å². The number of nitro benzene ring substituents is 1. The highest BCUT2D eigenvalue weighted by Gasteiger charge is 2.45. The Morgan fingerprint density at radius 3 is 2.46 bits per heavy atom. The number of esters is 1. The molecule has 0 saturated heterocycles. The standard InChI is InChI=1S/C16H16N2O6/c1-24-16(21)9-5-7-10(8-6-9)17-14(19)11-3-2-4-12(18(22)23)13(11)15(17)20/h2-4,9-10H,5-8H2,1H3. The van der Waals surface area contributed by atoms with Gasteiger partial charge in [-0.3, -0.25) is 29.4 Å². The van der Waals surface area contributed by atoms with E-state index in [-0.39, 0.29) is 34.7 Å². The van der Waals surface area contributed by atoms with Gasteiger partial charge in [0.15, 0.2) is 0 Å². The van der Waals surface area contributed by atoms with Crippen LogP contribution in [0.5, 0.6) is 0 Å². The predicted molar refractivity (Wildman–Crippen MR) is 81.4 cm³/mol. The molecule has 1 aromatic carbocycles. The van der Waals surface area contributed by atoms with Crippen LogP contribution in [0, 0.1) is 16.0 Å². The molecule has 1 saturated carbocycles. The SMILES string of the molecule is COC(=O)C1CCC(N2C(=O)c3cccc([N+](=O)[O-])c3C2=O)CC1. The summed E-state index contributed by atoms with van der Waals surface area (Å²) in [7, 11) is 1.33. The van der Waals surface area contributed by atoms with E-state index in [1.165, 1.54) is 25.3 Å². The van der Waals surface area contributed by atoms with Crippen LogP contribution in [0.15, 0.2) is 18.2 Å². The molecule has 1 aliphatic carbocycles. The van der Waals surface area contributed by atoms with E-state index in [2.05, 4.69) is 0 Å². The number of imide groups is 1. The van der Waals surface area contributed by atoms with Gasteiger partial charge in [-0.1, -0.05) is 6.07 Å². The van der Waals surface area contributed by atoms with Gasteiger partial charge in [-0.05, 0) is 31.7 Å². The van der Waals surface area contributed by atoms with Gasteiger partial charge in [0, 0.05) is 12.1 Å². The molecule has 1 fully saturated rings. The van der Waals surface area contributed by atoms with E-state index in [0.717, 1.165) is 4.90 Å². The van der Waals surface area contributed by atoms with Gasteiger partial charge in [-0.15, -0.1) is 0 Å². The smallest absolute Gasteiger partial charge is 0.308 e. The van der Waals surface area contributed by atoms with Crippen molar-refractivity contribution in [1.82, 2.24) is 4.90 Å². The minimum Gasteiger partial charge on any atom is -0.469 e. The molecule has 1 heterocycles. The van der Waals surface area contributed by atoms with Crippen molar-refractivity contribution in [3.8, 4) is 0 Å². The van der Waals surface area contributed by atoms with Crippen molar-refractivity contribution in [2.75, 3.05) is 7.11 Å². The van der Waals surface area contributed by atoms with E-state index in [1.807, 2.05) is 0 Å². The van der Waals surface area contributed by atoms with Crippen LogP contribution < -0.4 is 0 Å². The number of carbonyl (C=O) groups excluding carboxylic acids is 3. The number of hydrogen-bond acceptors (Lipinski definition) is 6. The molecule has 0 N–H and O–H groups in total. The summed E-state index contributed by atoms with van der Waals surface area (Å²) in [6, 6.07) is 3.71. The van der Waals surface area contributed by atoms with Gasteiger partial charge in [0.2, 0.25) is 0 Å². The van der Waals surface area contributed by atoms with Crippen molar-refractivity contribution in [3.63, 3.8) is 0 Å². The summed E-state index contributed by atoms with van der Waals surface area (Å²) in [5, 5.41) is 11.1. The first-order chi connectivity index (χ1) is 11.5. The molecule has 8 heteroatoms. The fourth-order valence-corrected chi connectivity index (χ4v) is 3.51. The van der Waals surface area contributed by atoms with E-state index in [1.54, 1.807) is 0 Å². The summed E-state index contributed by atoms with van der Waals surface area (Å²) in [6.45, 7) is 0. The van der Waals surface area contributed by atoms with Crippen LogP contribution in [-0.2, 0) is 9.53 Å². The number of nitrogens with zero attached hydrogens (tertiary/aromatic N) is 2. The molecule has 8 nitrogen and oxygen atoms in total. The van der Waals surface area contributed by atoms with E-state index < -0.39 is 16.7 Å². The number of hydrogen-bond donors (Lipinski definition) is 0. The zero-order valence-corrected chi connectivity index (χ0v) is 13.1. The number of nitro groups is 1.